The van der Waals surface area contributed by atoms with Crippen molar-refractivity contribution in [2.24, 2.45) is 24.6 Å². The summed E-state index contributed by atoms with van der Waals surface area (Å²) in [5.74, 6) is -0.749. The third kappa shape index (κ3) is 7.04. The second-order valence-electron chi connectivity index (χ2n) is 11.4. The van der Waals surface area contributed by atoms with E-state index in [9.17, 15) is 23.1 Å². The number of fused-ring (bicyclic) bond motifs is 1. The minimum absolute atomic E-state index is 0.128. The number of rotatable bonds is 10. The molecule has 0 aliphatic heterocycles. The van der Waals surface area contributed by atoms with E-state index < -0.39 is 23.6 Å². The number of carboxylic acids is 1. The molecule has 3 N–H and O–H groups in total. The van der Waals surface area contributed by atoms with Crippen LogP contribution in [-0.4, -0.2) is 46.2 Å². The van der Waals surface area contributed by atoms with Crippen LogP contribution in [0.2, 0.25) is 0 Å². The van der Waals surface area contributed by atoms with Crippen molar-refractivity contribution in [3.8, 4) is 5.75 Å². The number of imidazole rings is 1. The van der Waals surface area contributed by atoms with Gasteiger partial charge in [-0.05, 0) is 97.8 Å². The van der Waals surface area contributed by atoms with Gasteiger partial charge in [-0.25, -0.2) is 4.98 Å². The van der Waals surface area contributed by atoms with Gasteiger partial charge in [0.2, 0.25) is 0 Å². The van der Waals surface area contributed by atoms with Gasteiger partial charge in [0.15, 0.2) is 0 Å². The number of nitrogens with two attached hydrogens (primary N) is 1. The van der Waals surface area contributed by atoms with Gasteiger partial charge in [0.25, 0.3) is 0 Å². The minimum atomic E-state index is -4.42. The first kappa shape index (κ1) is 32.6. The predicted octanol–water partition coefficient (Wildman–Crippen LogP) is 7.26. The summed E-state index contributed by atoms with van der Waals surface area (Å²) in [7, 11) is 3.72. The molecule has 4 aromatic rings. The zero-order valence-electron chi connectivity index (χ0n) is 25.6. The van der Waals surface area contributed by atoms with Crippen LogP contribution in [-0.2, 0) is 24.4 Å². The number of hydrogen-bond acceptors (Lipinski definition) is 5. The van der Waals surface area contributed by atoms with Gasteiger partial charge in [0.1, 0.15) is 11.6 Å². The molecule has 1 aromatic heterocycles. The molecular weight excluding hydrogens is 601 g/mol. The molecule has 11 heteroatoms. The molecule has 45 heavy (non-hydrogen) atoms. The Morgan fingerprint density at radius 1 is 1.13 bits per heavy atom. The van der Waals surface area contributed by atoms with Crippen LogP contribution in [0.4, 0.5) is 18.9 Å². The number of alkyl halides is 3. The Kier molecular flexibility index (Phi) is 9.88. The molecule has 3 aromatic carbocycles. The van der Waals surface area contributed by atoms with Crippen molar-refractivity contribution in [1.29, 1.82) is 0 Å². The smallest absolute Gasteiger partial charge is 0.416 e. The lowest BCUT2D eigenvalue weighted by Gasteiger charge is -2.36. The Labute approximate surface area is 263 Å². The van der Waals surface area contributed by atoms with Crippen LogP contribution >= 0.6 is 10.7 Å². The van der Waals surface area contributed by atoms with Crippen molar-refractivity contribution in [1.82, 2.24) is 9.55 Å². The van der Waals surface area contributed by atoms with Crippen molar-refractivity contribution < 1.29 is 27.8 Å². The molecule has 240 valence electrons. The van der Waals surface area contributed by atoms with E-state index >= 15 is 0 Å². The first-order valence-electron chi connectivity index (χ1n) is 15.1. The van der Waals surface area contributed by atoms with Gasteiger partial charge >= 0.3 is 12.1 Å². The van der Waals surface area contributed by atoms with Crippen molar-refractivity contribution in [3.63, 3.8) is 0 Å². The van der Waals surface area contributed by atoms with Crippen LogP contribution < -0.4 is 14.8 Å². The quantitative estimate of drug-likeness (QED) is 0.177. The number of aliphatic carboxylic acids is 1. The fraction of sp³-hybridized carbons (Fsp3) is 0.382. The molecule has 0 spiro atoms. The predicted molar refractivity (Wildman–Crippen MR) is 174 cm³/mol. The fourth-order valence-corrected chi connectivity index (χ4v) is 8.07. The molecule has 0 saturated heterocycles. The Bertz CT molecular complexity index is 1670. The second-order valence-corrected chi connectivity index (χ2v) is 13.5. The number of carbonyl (C=O) groups is 1. The molecule has 1 heterocycles. The summed E-state index contributed by atoms with van der Waals surface area (Å²) in [6, 6.07) is 19.0. The maximum atomic E-state index is 12.9. The van der Waals surface area contributed by atoms with E-state index in [1.165, 1.54) is 12.1 Å². The highest BCUT2D eigenvalue weighted by Crippen LogP contribution is 2.43. The van der Waals surface area contributed by atoms with Crippen molar-refractivity contribution in [3.05, 3.63) is 83.7 Å². The Balaban J connectivity index is 1.30. The molecule has 1 saturated carbocycles. The molecule has 1 fully saturated rings. The molecular formula is C34H39F3N4O3S. The average molecular weight is 641 g/mol. The second kappa shape index (κ2) is 13.7. The van der Waals surface area contributed by atoms with Crippen molar-refractivity contribution >= 4 is 38.7 Å². The highest BCUT2D eigenvalue weighted by molar-refractivity contribution is 8.16. The summed E-state index contributed by atoms with van der Waals surface area (Å²) in [6.07, 6.45) is -1.44. The van der Waals surface area contributed by atoms with E-state index in [0.29, 0.717) is 18.7 Å². The number of benzene rings is 3. The fourth-order valence-electron chi connectivity index (χ4n) is 6.38. The van der Waals surface area contributed by atoms with Gasteiger partial charge in [-0.15, -0.1) is 0 Å². The molecule has 1 aliphatic rings. The van der Waals surface area contributed by atoms with Crippen molar-refractivity contribution in [2.75, 3.05) is 24.5 Å². The summed E-state index contributed by atoms with van der Waals surface area (Å²) in [6.45, 7) is 2.72. The van der Waals surface area contributed by atoms with Crippen LogP contribution in [0.15, 0.2) is 71.6 Å². The summed E-state index contributed by atoms with van der Waals surface area (Å²) in [5.41, 5.74) is 8.99. The van der Waals surface area contributed by atoms with E-state index in [0.717, 1.165) is 64.4 Å². The number of aromatic nitrogens is 2. The maximum Gasteiger partial charge on any atom is 0.416 e. The molecule has 0 amide bonds. The Hall–Kier alpha value is -3.83. The summed E-state index contributed by atoms with van der Waals surface area (Å²) in [4.78, 5) is 18.5. The highest BCUT2D eigenvalue weighted by atomic mass is 32.2. The lowest BCUT2D eigenvalue weighted by molar-refractivity contribution is -0.146. The van der Waals surface area contributed by atoms with Gasteiger partial charge in [0, 0.05) is 37.0 Å². The standard InChI is InChI=1S/C34H39F3N4O3S/c1-4-45(27-16-17-30-29(20-27)39-31(18-19-38)40(30)2)41(3)25-12-8-22(9-13-25)28-7-5-6-23(32(28)33(42)43)21-44-26-14-10-24(11-15-26)34(35,36)37/h4,8-17,20,23,28,32H,5-7,18-19,21,38H2,1-3H3,(H,42,43)/t23-,28+,32-,45?/m0/s1. The van der Waals surface area contributed by atoms with Crippen LogP contribution in [0.3, 0.4) is 0 Å². The van der Waals surface area contributed by atoms with Gasteiger partial charge in [-0.3, -0.25) is 4.79 Å². The highest BCUT2D eigenvalue weighted by Gasteiger charge is 2.39. The number of nitrogens with zero attached hydrogens (tertiary/aromatic N) is 3. The number of hydrogen-bond donors (Lipinski definition) is 2. The summed E-state index contributed by atoms with van der Waals surface area (Å²) < 4.78 is 48.8. The average Bonchev–Trinajstić information content (AvgIpc) is 3.34. The molecule has 1 unspecified atom stereocenters. The molecule has 4 atom stereocenters. The monoisotopic (exact) mass is 640 g/mol. The summed E-state index contributed by atoms with van der Waals surface area (Å²) >= 11 is 0. The molecule has 7 nitrogen and oxygen atoms in total. The van der Waals surface area contributed by atoms with Crippen molar-refractivity contribution in [2.45, 2.75) is 49.6 Å². The summed E-state index contributed by atoms with van der Waals surface area (Å²) in [5, 5.41) is 12.4. The van der Waals surface area contributed by atoms with Gasteiger partial charge in [0.05, 0.1) is 29.1 Å². The van der Waals surface area contributed by atoms with E-state index in [-0.39, 0.29) is 29.1 Å². The molecule has 1 aliphatic carbocycles. The third-order valence-corrected chi connectivity index (χ3v) is 10.7. The topological polar surface area (TPSA) is 93.6 Å². The zero-order valence-corrected chi connectivity index (χ0v) is 26.4. The lowest BCUT2D eigenvalue weighted by atomic mass is 9.69. The minimum Gasteiger partial charge on any atom is -0.493 e. The van der Waals surface area contributed by atoms with E-state index in [1.807, 2.05) is 38.2 Å². The number of halogens is 3. The van der Waals surface area contributed by atoms with Gasteiger partial charge in [-0.2, -0.15) is 13.2 Å². The Morgan fingerprint density at radius 2 is 1.84 bits per heavy atom. The molecule has 5 rings (SSSR count). The largest absolute Gasteiger partial charge is 0.493 e. The van der Waals surface area contributed by atoms with Gasteiger partial charge < -0.3 is 24.4 Å². The number of anilines is 1. The first-order valence-corrected chi connectivity index (χ1v) is 16.3. The number of aryl methyl sites for hydroxylation is 1. The first-order chi connectivity index (χ1) is 21.5. The van der Waals surface area contributed by atoms with Crippen LogP contribution in [0.5, 0.6) is 5.75 Å². The van der Waals surface area contributed by atoms with Gasteiger partial charge in [-0.1, -0.05) is 29.2 Å². The third-order valence-electron chi connectivity index (χ3n) is 8.72. The molecule has 0 radical (unpaired) electrons. The number of carboxylic acid groups (broad SMARTS) is 1. The number of ether oxygens (including phenoxy) is 1. The van der Waals surface area contributed by atoms with Crippen LogP contribution in [0.1, 0.15) is 49.1 Å². The SMILES string of the molecule is C/C=S(\c1ccc2c(c1)nc(CCN)n2C)N(C)c1ccc([C@H]2CCC[C@@H](COc3ccc(C(F)(F)F)cc3)[C@@H]2C(=O)O)cc1. The normalized spacial score (nSPS) is 19.5. The molecule has 0 bridgehead atoms. The van der Waals surface area contributed by atoms with E-state index in [4.69, 9.17) is 15.5 Å². The van der Waals surface area contributed by atoms with E-state index in [1.54, 1.807) is 0 Å². The Morgan fingerprint density at radius 3 is 2.47 bits per heavy atom. The zero-order chi connectivity index (χ0) is 32.3. The van der Waals surface area contributed by atoms with Crippen LogP contribution in [0.25, 0.3) is 11.0 Å². The van der Waals surface area contributed by atoms with Crippen LogP contribution in [0, 0.1) is 11.8 Å². The van der Waals surface area contributed by atoms with E-state index in [2.05, 4.69) is 39.5 Å². The maximum absolute atomic E-state index is 12.9. The lowest BCUT2D eigenvalue weighted by Crippen LogP contribution is -2.36.